The van der Waals surface area contributed by atoms with Gasteiger partial charge in [-0.2, -0.15) is 0 Å². The van der Waals surface area contributed by atoms with E-state index >= 15 is 0 Å². The second-order valence-electron chi connectivity index (χ2n) is 4.50. The molecule has 6 heteroatoms. The molecule has 0 spiro atoms. The first-order chi connectivity index (χ1) is 8.66. The van der Waals surface area contributed by atoms with Gasteiger partial charge >= 0.3 is 0 Å². The van der Waals surface area contributed by atoms with Crippen LogP contribution in [0.25, 0.3) is 0 Å². The van der Waals surface area contributed by atoms with Crippen LogP contribution < -0.4 is 10.6 Å². The fourth-order valence-electron chi connectivity index (χ4n) is 2.19. The summed E-state index contributed by atoms with van der Waals surface area (Å²) in [5, 5.41) is 0.795. The summed E-state index contributed by atoms with van der Waals surface area (Å²) in [6.45, 7) is 4.51. The van der Waals surface area contributed by atoms with Gasteiger partial charge in [0.2, 0.25) is 5.91 Å². The Morgan fingerprint density at radius 3 is 2.42 bits per heavy atom. The highest BCUT2D eigenvalue weighted by Crippen LogP contribution is 2.25. The van der Waals surface area contributed by atoms with E-state index in [2.05, 4.69) is 9.80 Å². The molecular weight excluding hydrogens is 285 g/mol. The van der Waals surface area contributed by atoms with E-state index in [1.54, 1.807) is 0 Å². The summed E-state index contributed by atoms with van der Waals surface area (Å²) in [6.07, 6.45) is 0.437. The van der Waals surface area contributed by atoms with Crippen molar-refractivity contribution in [1.29, 1.82) is 0 Å². The van der Waals surface area contributed by atoms with Gasteiger partial charge < -0.3 is 10.6 Å². The lowest BCUT2D eigenvalue weighted by Crippen LogP contribution is -2.47. The Kier molecular flexibility index (Phi) is 6.42. The number of carbonyl (C=O) groups is 1. The molecule has 4 nitrogen and oxygen atoms in total. The minimum absolute atomic E-state index is 0. The third kappa shape index (κ3) is 4.56. The number of piperazine rings is 1. The third-order valence-electron chi connectivity index (χ3n) is 3.24. The minimum atomic E-state index is -0.233. The van der Waals surface area contributed by atoms with Crippen LogP contribution >= 0.6 is 24.0 Å². The molecule has 19 heavy (non-hydrogen) atoms. The molecule has 1 aromatic rings. The van der Waals surface area contributed by atoms with Crippen molar-refractivity contribution in [1.82, 2.24) is 4.90 Å². The first-order valence-electron chi connectivity index (χ1n) is 6.17. The van der Waals surface area contributed by atoms with Gasteiger partial charge in [0, 0.05) is 39.1 Å². The van der Waals surface area contributed by atoms with Crippen molar-refractivity contribution in [2.24, 2.45) is 5.73 Å². The quantitative estimate of drug-likeness (QED) is 0.922. The molecule has 0 atom stereocenters. The molecule has 1 amide bonds. The zero-order valence-electron chi connectivity index (χ0n) is 10.7. The van der Waals surface area contributed by atoms with Crippen molar-refractivity contribution in [3.05, 3.63) is 29.3 Å². The number of nitrogens with zero attached hydrogens (tertiary/aromatic N) is 2. The molecule has 1 aromatic carbocycles. The Hall–Kier alpha value is -0.970. The predicted octanol–water partition coefficient (Wildman–Crippen LogP) is 1.76. The maximum atomic E-state index is 10.7. The van der Waals surface area contributed by atoms with E-state index in [0.29, 0.717) is 6.42 Å². The van der Waals surface area contributed by atoms with Crippen LogP contribution in [0.15, 0.2) is 24.3 Å². The molecule has 106 valence electrons. The number of nitrogens with two attached hydrogens (primary N) is 1. The second-order valence-corrected chi connectivity index (χ2v) is 4.90. The van der Waals surface area contributed by atoms with E-state index in [-0.39, 0.29) is 18.3 Å². The molecule has 0 unspecified atom stereocenters. The number of halogens is 2. The van der Waals surface area contributed by atoms with Crippen LogP contribution in [0, 0.1) is 0 Å². The highest BCUT2D eigenvalue weighted by molar-refractivity contribution is 6.33. The molecule has 1 aliphatic heterocycles. The van der Waals surface area contributed by atoms with Crippen molar-refractivity contribution in [3.8, 4) is 0 Å². The Bertz CT molecular complexity index is 420. The highest BCUT2D eigenvalue weighted by atomic mass is 35.5. The summed E-state index contributed by atoms with van der Waals surface area (Å²) in [7, 11) is 0. The number of para-hydroxylation sites is 1. The van der Waals surface area contributed by atoms with E-state index < -0.39 is 0 Å². The Labute approximate surface area is 124 Å². The number of hydrogen-bond acceptors (Lipinski definition) is 3. The molecule has 0 aromatic heterocycles. The Morgan fingerprint density at radius 1 is 1.21 bits per heavy atom. The van der Waals surface area contributed by atoms with Crippen LogP contribution in [0.2, 0.25) is 5.02 Å². The van der Waals surface area contributed by atoms with Gasteiger partial charge in [-0.1, -0.05) is 23.7 Å². The highest BCUT2D eigenvalue weighted by Gasteiger charge is 2.18. The van der Waals surface area contributed by atoms with Crippen molar-refractivity contribution >= 4 is 35.6 Å². The van der Waals surface area contributed by atoms with Crippen LogP contribution in [-0.4, -0.2) is 43.5 Å². The number of rotatable bonds is 4. The first kappa shape index (κ1) is 16.1. The van der Waals surface area contributed by atoms with Gasteiger partial charge in [-0.15, -0.1) is 12.4 Å². The first-order valence-corrected chi connectivity index (χ1v) is 6.55. The molecular formula is C13H19Cl2N3O. The second kappa shape index (κ2) is 7.58. The van der Waals surface area contributed by atoms with Crippen LogP contribution in [0.4, 0.5) is 5.69 Å². The molecule has 1 fully saturated rings. The molecule has 0 radical (unpaired) electrons. The van der Waals surface area contributed by atoms with E-state index in [4.69, 9.17) is 17.3 Å². The summed E-state index contributed by atoms with van der Waals surface area (Å²) in [5.41, 5.74) is 6.25. The smallest absolute Gasteiger partial charge is 0.218 e. The summed E-state index contributed by atoms with van der Waals surface area (Å²) in [4.78, 5) is 15.3. The van der Waals surface area contributed by atoms with Gasteiger partial charge in [-0.25, -0.2) is 0 Å². The third-order valence-corrected chi connectivity index (χ3v) is 3.56. The Balaban J connectivity index is 0.00000180. The number of benzene rings is 1. The van der Waals surface area contributed by atoms with Crippen molar-refractivity contribution in [3.63, 3.8) is 0 Å². The monoisotopic (exact) mass is 303 g/mol. The standard InChI is InChI=1S/C13H18ClN3O.ClH/c14-11-3-1-2-4-12(11)17-9-7-16(8-10-17)6-5-13(15)18;/h1-4H,5-10H2,(H2,15,18);1H. The molecule has 1 saturated heterocycles. The molecule has 0 saturated carbocycles. The summed E-state index contributed by atoms with van der Waals surface area (Å²) in [6, 6.07) is 7.90. The Morgan fingerprint density at radius 2 is 1.84 bits per heavy atom. The number of hydrogen-bond donors (Lipinski definition) is 1. The van der Waals surface area contributed by atoms with Crippen LogP contribution in [0.1, 0.15) is 6.42 Å². The van der Waals surface area contributed by atoms with E-state index in [0.717, 1.165) is 43.4 Å². The van der Waals surface area contributed by atoms with Gasteiger partial charge in [-0.05, 0) is 12.1 Å². The normalized spacial score (nSPS) is 15.9. The summed E-state index contributed by atoms with van der Waals surface area (Å²) in [5.74, 6) is -0.233. The van der Waals surface area contributed by atoms with Gasteiger partial charge in [0.1, 0.15) is 0 Å². The summed E-state index contributed by atoms with van der Waals surface area (Å²) < 4.78 is 0. The van der Waals surface area contributed by atoms with Gasteiger partial charge in [0.05, 0.1) is 10.7 Å². The zero-order chi connectivity index (χ0) is 13.0. The molecule has 0 bridgehead atoms. The van der Waals surface area contributed by atoms with Crippen LogP contribution in [0.3, 0.4) is 0 Å². The fourth-order valence-corrected chi connectivity index (χ4v) is 2.44. The molecule has 0 aliphatic carbocycles. The average molecular weight is 304 g/mol. The molecule has 1 heterocycles. The number of amides is 1. The maximum absolute atomic E-state index is 10.7. The SMILES string of the molecule is Cl.NC(=O)CCN1CCN(c2ccccc2Cl)CC1. The zero-order valence-corrected chi connectivity index (χ0v) is 12.3. The number of primary amides is 1. The van der Waals surface area contributed by atoms with Crippen LogP contribution in [-0.2, 0) is 4.79 Å². The lowest BCUT2D eigenvalue weighted by Gasteiger charge is -2.36. The molecule has 2 rings (SSSR count). The van der Waals surface area contributed by atoms with E-state index in [1.807, 2.05) is 24.3 Å². The van der Waals surface area contributed by atoms with Crippen LogP contribution in [0.5, 0.6) is 0 Å². The van der Waals surface area contributed by atoms with Gasteiger partial charge in [-0.3, -0.25) is 9.69 Å². The van der Waals surface area contributed by atoms with E-state index in [9.17, 15) is 4.79 Å². The maximum Gasteiger partial charge on any atom is 0.218 e. The van der Waals surface area contributed by atoms with E-state index in [1.165, 1.54) is 0 Å². The van der Waals surface area contributed by atoms with Crippen molar-refractivity contribution in [2.75, 3.05) is 37.6 Å². The minimum Gasteiger partial charge on any atom is -0.370 e. The number of anilines is 1. The average Bonchev–Trinajstić information content (AvgIpc) is 2.38. The molecule has 2 N–H and O–H groups in total. The van der Waals surface area contributed by atoms with Gasteiger partial charge in [0.15, 0.2) is 0 Å². The lowest BCUT2D eigenvalue weighted by molar-refractivity contribution is -0.118. The summed E-state index contributed by atoms with van der Waals surface area (Å²) >= 11 is 6.18. The topological polar surface area (TPSA) is 49.6 Å². The van der Waals surface area contributed by atoms with Crippen molar-refractivity contribution in [2.45, 2.75) is 6.42 Å². The fraction of sp³-hybridized carbons (Fsp3) is 0.462. The predicted molar refractivity (Wildman–Crippen MR) is 81.2 cm³/mol. The van der Waals surface area contributed by atoms with Gasteiger partial charge in [0.25, 0.3) is 0 Å². The van der Waals surface area contributed by atoms with Crippen molar-refractivity contribution < 1.29 is 4.79 Å². The molecule has 1 aliphatic rings. The largest absolute Gasteiger partial charge is 0.370 e. The number of carbonyl (C=O) groups excluding carboxylic acids is 1. The lowest BCUT2D eigenvalue weighted by atomic mass is 10.2.